The number of fused-ring (bicyclic) bond motifs is 11. The van der Waals surface area contributed by atoms with Crippen LogP contribution < -0.4 is 0 Å². The Morgan fingerprint density at radius 1 is 0.348 bits per heavy atom. The van der Waals surface area contributed by atoms with Crippen LogP contribution in [0.4, 0.5) is 0 Å². The molecule has 0 radical (unpaired) electrons. The van der Waals surface area contributed by atoms with Gasteiger partial charge in [0.05, 0.1) is 26.4 Å². The third-order valence-electron chi connectivity index (χ3n) is 6.75. The van der Waals surface area contributed by atoms with Crippen molar-refractivity contribution in [2.24, 2.45) is 0 Å². The van der Waals surface area contributed by atoms with Crippen molar-refractivity contribution in [1.29, 1.82) is 0 Å². The molecule has 4 nitrogen and oxygen atoms in total. The molecule has 0 aliphatic heterocycles. The Kier molecular flexibility index (Phi) is 18.0. The minimum atomic E-state index is 0.653. The van der Waals surface area contributed by atoms with Gasteiger partial charge in [-0.15, -0.1) is 26.3 Å². The summed E-state index contributed by atoms with van der Waals surface area (Å²) in [6, 6.07) is 35.3. The maximum atomic E-state index is 4.57. The number of methoxy groups -OCH3 is 4. The van der Waals surface area contributed by atoms with Crippen molar-refractivity contribution in [3.63, 3.8) is 0 Å². The molecule has 240 valence electrons. The van der Waals surface area contributed by atoms with Crippen LogP contribution in [0.3, 0.4) is 0 Å². The van der Waals surface area contributed by atoms with Gasteiger partial charge in [0.1, 0.15) is 0 Å². The average Bonchev–Trinajstić information content (AvgIpc) is 3.11. The van der Waals surface area contributed by atoms with E-state index < -0.39 is 0 Å². The summed E-state index contributed by atoms with van der Waals surface area (Å²) in [6.45, 7) is 16.3. The third-order valence-corrected chi connectivity index (χ3v) is 6.75. The van der Waals surface area contributed by atoms with E-state index in [0.29, 0.717) is 26.4 Å². The molecule has 0 aliphatic rings. The molecular formula is C42H48O4. The zero-order valence-corrected chi connectivity index (χ0v) is 27.8. The van der Waals surface area contributed by atoms with Crippen LogP contribution in [0, 0.1) is 0 Å². The van der Waals surface area contributed by atoms with E-state index in [-0.39, 0.29) is 0 Å². The van der Waals surface area contributed by atoms with Gasteiger partial charge in [0.2, 0.25) is 0 Å². The highest BCUT2D eigenvalue weighted by Gasteiger charge is 2.14. The fourth-order valence-electron chi connectivity index (χ4n) is 5.04. The van der Waals surface area contributed by atoms with Crippen molar-refractivity contribution in [2.75, 3.05) is 54.9 Å². The van der Waals surface area contributed by atoms with E-state index in [1.165, 1.54) is 53.9 Å². The maximum Gasteiger partial charge on any atom is 0.0641 e. The highest BCUT2D eigenvalue weighted by Crippen LogP contribution is 2.43. The van der Waals surface area contributed by atoms with E-state index in [1.807, 2.05) is 0 Å². The first kappa shape index (κ1) is 37.6. The fourth-order valence-corrected chi connectivity index (χ4v) is 5.04. The molecule has 0 N–H and O–H groups in total. The van der Waals surface area contributed by atoms with Crippen molar-refractivity contribution >= 4 is 53.9 Å². The van der Waals surface area contributed by atoms with Crippen LogP contribution in [0.25, 0.3) is 53.9 Å². The monoisotopic (exact) mass is 616 g/mol. The van der Waals surface area contributed by atoms with Crippen molar-refractivity contribution in [3.8, 4) is 0 Å². The number of benzene rings is 6. The minimum Gasteiger partial charge on any atom is -0.381 e. The molecule has 46 heavy (non-hydrogen) atoms. The van der Waals surface area contributed by atoms with Gasteiger partial charge in [0.25, 0.3) is 0 Å². The lowest BCUT2D eigenvalue weighted by Gasteiger charge is -2.16. The number of rotatable bonds is 8. The summed E-state index contributed by atoms with van der Waals surface area (Å²) < 4.78 is 18.3. The van der Waals surface area contributed by atoms with E-state index >= 15 is 0 Å². The third kappa shape index (κ3) is 10.2. The van der Waals surface area contributed by atoms with Crippen molar-refractivity contribution < 1.29 is 18.9 Å². The van der Waals surface area contributed by atoms with Crippen molar-refractivity contribution in [1.82, 2.24) is 0 Å². The van der Waals surface area contributed by atoms with Gasteiger partial charge in [-0.25, -0.2) is 0 Å². The van der Waals surface area contributed by atoms with Gasteiger partial charge in [-0.1, -0.05) is 121 Å². The van der Waals surface area contributed by atoms with Gasteiger partial charge in [0.15, 0.2) is 0 Å². The first-order chi connectivity index (χ1) is 22.6. The predicted octanol–water partition coefficient (Wildman–Crippen LogP) is 10.7. The Morgan fingerprint density at radius 3 is 0.652 bits per heavy atom. The molecule has 0 aliphatic carbocycles. The second-order valence-electron chi connectivity index (χ2n) is 9.91. The van der Waals surface area contributed by atoms with E-state index in [4.69, 9.17) is 0 Å². The quantitative estimate of drug-likeness (QED) is 0.126. The van der Waals surface area contributed by atoms with Gasteiger partial charge in [-0.2, -0.15) is 0 Å². The fraction of sp³-hybridized carbons (Fsp3) is 0.190. The molecule has 6 aromatic carbocycles. The van der Waals surface area contributed by atoms with Crippen molar-refractivity contribution in [3.05, 3.63) is 148 Å². The lowest BCUT2D eigenvalue weighted by molar-refractivity contribution is 0.234. The molecule has 0 unspecified atom stereocenters. The van der Waals surface area contributed by atoms with Gasteiger partial charge in [-0.05, 0) is 53.9 Å². The molecule has 0 bridgehead atoms. The standard InChI is InChI=1S/C26H16.4C4H8O/c1-5-13-21-17(9-1)18-10-2-6-14-22(18)26-24-16-8-4-12-20(24)19-11-3-7-15-23(19)25(21)26;4*1-3-4-5-2/h1-16H;4*3H,1,4H2,2H3. The number of hydrogen-bond donors (Lipinski definition) is 0. The largest absolute Gasteiger partial charge is 0.381 e. The SMILES string of the molecule is C=CCOC.C=CCOC.C=CCOC.C=CCOC.c1ccc2c(c1)c1ccccc1c1c3ccccc3c3ccccc3c21. The Hall–Kier alpha value is -4.58. The molecule has 4 heteroatoms. The Labute approximate surface area is 274 Å². The molecule has 0 fully saturated rings. The summed E-state index contributed by atoms with van der Waals surface area (Å²) in [5.41, 5.74) is 0. The summed E-state index contributed by atoms with van der Waals surface area (Å²) in [7, 11) is 6.56. The highest BCUT2D eigenvalue weighted by atomic mass is 16.5. The van der Waals surface area contributed by atoms with Crippen LogP contribution in [-0.4, -0.2) is 54.9 Å². The lowest BCUT2D eigenvalue weighted by atomic mass is 9.87. The molecule has 0 amide bonds. The first-order valence-corrected chi connectivity index (χ1v) is 15.1. The van der Waals surface area contributed by atoms with E-state index in [2.05, 4.69) is 142 Å². The lowest BCUT2D eigenvalue weighted by Crippen LogP contribution is -1.87. The first-order valence-electron chi connectivity index (χ1n) is 15.1. The molecule has 0 aromatic heterocycles. The molecule has 0 atom stereocenters. The Bertz CT molecular complexity index is 1560. The second kappa shape index (κ2) is 22.0. The summed E-state index contributed by atoms with van der Waals surface area (Å²) in [5.74, 6) is 0. The molecule has 6 rings (SSSR count). The van der Waals surface area contributed by atoms with Crippen LogP contribution in [0.15, 0.2) is 148 Å². The zero-order valence-electron chi connectivity index (χ0n) is 27.8. The highest BCUT2D eigenvalue weighted by molar-refractivity contribution is 6.39. The molecule has 6 aromatic rings. The van der Waals surface area contributed by atoms with Gasteiger partial charge < -0.3 is 18.9 Å². The normalized spacial score (nSPS) is 9.91. The molecular weight excluding hydrogens is 568 g/mol. The summed E-state index contributed by atoms with van der Waals surface area (Å²) >= 11 is 0. The summed E-state index contributed by atoms with van der Waals surface area (Å²) in [5, 5.41) is 13.4. The number of hydrogen-bond acceptors (Lipinski definition) is 4. The summed E-state index contributed by atoms with van der Waals surface area (Å²) in [6.07, 6.45) is 6.83. The minimum absolute atomic E-state index is 0.653. The van der Waals surface area contributed by atoms with Crippen LogP contribution in [0.5, 0.6) is 0 Å². The molecule has 0 spiro atoms. The molecule has 0 saturated carbocycles. The van der Waals surface area contributed by atoms with E-state index in [9.17, 15) is 0 Å². The topological polar surface area (TPSA) is 36.9 Å². The smallest absolute Gasteiger partial charge is 0.0641 e. The Balaban J connectivity index is 0.000000304. The molecule has 0 saturated heterocycles. The maximum absolute atomic E-state index is 4.57. The van der Waals surface area contributed by atoms with Crippen LogP contribution in [0.2, 0.25) is 0 Å². The van der Waals surface area contributed by atoms with Gasteiger partial charge >= 0.3 is 0 Å². The van der Waals surface area contributed by atoms with Crippen LogP contribution in [-0.2, 0) is 18.9 Å². The predicted molar refractivity (Wildman–Crippen MR) is 202 cm³/mol. The van der Waals surface area contributed by atoms with E-state index in [1.54, 1.807) is 52.7 Å². The zero-order chi connectivity index (χ0) is 33.6. The second-order valence-corrected chi connectivity index (χ2v) is 9.91. The van der Waals surface area contributed by atoms with Gasteiger partial charge in [-0.3, -0.25) is 0 Å². The molecule has 0 heterocycles. The average molecular weight is 617 g/mol. The van der Waals surface area contributed by atoms with Crippen molar-refractivity contribution in [2.45, 2.75) is 0 Å². The van der Waals surface area contributed by atoms with E-state index in [0.717, 1.165) is 0 Å². The van der Waals surface area contributed by atoms with Crippen LogP contribution >= 0.6 is 0 Å². The van der Waals surface area contributed by atoms with Crippen LogP contribution in [0.1, 0.15) is 0 Å². The number of ether oxygens (including phenoxy) is 4. The Morgan fingerprint density at radius 2 is 0.522 bits per heavy atom. The van der Waals surface area contributed by atoms with Gasteiger partial charge in [0, 0.05) is 28.4 Å². The summed E-state index contributed by atoms with van der Waals surface area (Å²) in [4.78, 5) is 0.